The van der Waals surface area contributed by atoms with E-state index in [9.17, 15) is 19.7 Å². The van der Waals surface area contributed by atoms with Crippen LogP contribution in [0.2, 0.25) is 0 Å². The summed E-state index contributed by atoms with van der Waals surface area (Å²) in [7, 11) is 4.13. The summed E-state index contributed by atoms with van der Waals surface area (Å²) in [6, 6.07) is 4.99. The number of methoxy groups -OCH3 is 1. The van der Waals surface area contributed by atoms with E-state index < -0.39 is 28.6 Å². The molecule has 0 spiro atoms. The lowest BCUT2D eigenvalue weighted by molar-refractivity contribution is -0.481. The highest BCUT2D eigenvalue weighted by molar-refractivity contribution is 9.10. The maximum atomic E-state index is 12.6. The Morgan fingerprint density at radius 3 is 2.52 bits per heavy atom. The zero-order chi connectivity index (χ0) is 18.9. The number of rotatable bonds is 5. The van der Waals surface area contributed by atoms with Gasteiger partial charge in [-0.1, -0.05) is 15.9 Å². The molecule has 1 aromatic heterocycles. The summed E-state index contributed by atoms with van der Waals surface area (Å²) in [5.74, 6) is -0.708. The Kier molecular flexibility index (Phi) is 5.31. The van der Waals surface area contributed by atoms with Crippen molar-refractivity contribution in [2.24, 2.45) is 14.1 Å². The van der Waals surface area contributed by atoms with E-state index in [0.717, 1.165) is 9.13 Å². The number of aromatic nitrogens is 2. The Labute approximate surface area is 150 Å². The molecule has 2 N–H and O–H groups in total. The Morgan fingerprint density at radius 1 is 1.32 bits per heavy atom. The molecule has 2 rings (SSSR count). The first kappa shape index (κ1) is 18.7. The summed E-state index contributed by atoms with van der Waals surface area (Å²) in [5.41, 5.74) is 5.11. The van der Waals surface area contributed by atoms with E-state index in [-0.39, 0.29) is 11.4 Å². The van der Waals surface area contributed by atoms with E-state index in [1.165, 1.54) is 21.2 Å². The molecular weight excluding hydrogens is 396 g/mol. The number of nitrogen functional groups attached to an aromatic ring is 1. The Morgan fingerprint density at radius 2 is 1.96 bits per heavy atom. The van der Waals surface area contributed by atoms with E-state index in [4.69, 9.17) is 10.5 Å². The highest BCUT2D eigenvalue weighted by Crippen LogP contribution is 2.34. The van der Waals surface area contributed by atoms with Gasteiger partial charge in [-0.2, -0.15) is 0 Å². The van der Waals surface area contributed by atoms with Crippen LogP contribution in [0.4, 0.5) is 5.82 Å². The Balaban J connectivity index is 2.86. The summed E-state index contributed by atoms with van der Waals surface area (Å²) >= 11 is 3.31. The third kappa shape index (κ3) is 3.43. The number of ether oxygens (including phenoxy) is 1. The standard InChI is InChI=1S/C15H17BrN4O5/c1-18-13(17)12(14(21)19(2)15(18)22)10(7-20(23)24)9-6-8(16)4-5-11(9)25-3/h4-6,10H,7,17H2,1-3H3/t10-/m1/s1. The summed E-state index contributed by atoms with van der Waals surface area (Å²) in [6.07, 6.45) is 0. The minimum absolute atomic E-state index is 0.0160. The zero-order valence-corrected chi connectivity index (χ0v) is 15.4. The average molecular weight is 413 g/mol. The number of nitrogens with two attached hydrogens (primary N) is 1. The van der Waals surface area contributed by atoms with Gasteiger partial charge in [-0.05, 0) is 18.2 Å². The highest BCUT2D eigenvalue weighted by atomic mass is 79.9. The lowest BCUT2D eigenvalue weighted by Gasteiger charge is -2.20. The molecule has 0 saturated carbocycles. The van der Waals surface area contributed by atoms with Crippen LogP contribution >= 0.6 is 15.9 Å². The van der Waals surface area contributed by atoms with Gasteiger partial charge < -0.3 is 10.5 Å². The summed E-state index contributed by atoms with van der Waals surface area (Å²) in [5, 5.41) is 11.2. The molecule has 0 amide bonds. The summed E-state index contributed by atoms with van der Waals surface area (Å²) < 4.78 is 7.92. The number of hydrogen-bond donors (Lipinski definition) is 1. The van der Waals surface area contributed by atoms with Crippen molar-refractivity contribution in [2.75, 3.05) is 19.4 Å². The van der Waals surface area contributed by atoms with E-state index in [0.29, 0.717) is 15.8 Å². The first-order valence-electron chi connectivity index (χ1n) is 7.19. The van der Waals surface area contributed by atoms with Crippen molar-refractivity contribution in [3.05, 3.63) is 64.8 Å². The number of anilines is 1. The van der Waals surface area contributed by atoms with Gasteiger partial charge >= 0.3 is 5.69 Å². The molecule has 0 unspecified atom stereocenters. The van der Waals surface area contributed by atoms with Crippen molar-refractivity contribution in [3.8, 4) is 5.75 Å². The molecule has 1 atom stereocenters. The van der Waals surface area contributed by atoms with Crippen molar-refractivity contribution >= 4 is 21.7 Å². The normalized spacial score (nSPS) is 12.0. The van der Waals surface area contributed by atoms with Crippen LogP contribution in [0.1, 0.15) is 17.0 Å². The second kappa shape index (κ2) is 7.09. The molecular formula is C15H17BrN4O5. The molecule has 10 heteroatoms. The molecule has 25 heavy (non-hydrogen) atoms. The second-order valence-electron chi connectivity index (χ2n) is 5.46. The van der Waals surface area contributed by atoms with E-state index in [2.05, 4.69) is 15.9 Å². The van der Waals surface area contributed by atoms with Crippen molar-refractivity contribution in [1.29, 1.82) is 0 Å². The first-order chi connectivity index (χ1) is 11.7. The molecule has 0 aliphatic rings. The van der Waals surface area contributed by atoms with Gasteiger partial charge in [0.15, 0.2) is 0 Å². The van der Waals surface area contributed by atoms with Crippen LogP contribution in [0.5, 0.6) is 5.75 Å². The molecule has 0 aliphatic heterocycles. The van der Waals surface area contributed by atoms with Crippen molar-refractivity contribution < 1.29 is 9.66 Å². The number of hydrogen-bond acceptors (Lipinski definition) is 6. The van der Waals surface area contributed by atoms with Gasteiger partial charge in [0.2, 0.25) is 6.54 Å². The maximum Gasteiger partial charge on any atom is 0.332 e. The molecule has 1 heterocycles. The van der Waals surface area contributed by atoms with Gasteiger partial charge in [0.05, 0.1) is 18.6 Å². The molecule has 0 radical (unpaired) electrons. The van der Waals surface area contributed by atoms with Crippen LogP contribution in [0.3, 0.4) is 0 Å². The summed E-state index contributed by atoms with van der Waals surface area (Å²) in [6.45, 7) is -0.579. The van der Waals surface area contributed by atoms with Gasteiger partial charge in [0.1, 0.15) is 11.6 Å². The quantitative estimate of drug-likeness (QED) is 0.573. The predicted molar refractivity (Wildman–Crippen MR) is 95.7 cm³/mol. The molecule has 0 fully saturated rings. The SMILES string of the molecule is COc1ccc(Br)cc1[C@@H](C[N+](=O)[O-])c1c(N)n(C)c(=O)n(C)c1=O. The minimum Gasteiger partial charge on any atom is -0.496 e. The molecule has 1 aromatic carbocycles. The van der Waals surface area contributed by atoms with Gasteiger partial charge in [-0.15, -0.1) is 0 Å². The van der Waals surface area contributed by atoms with Crippen LogP contribution < -0.4 is 21.7 Å². The van der Waals surface area contributed by atoms with Crippen molar-refractivity contribution in [3.63, 3.8) is 0 Å². The van der Waals surface area contributed by atoms with Gasteiger partial charge in [-0.25, -0.2) is 4.79 Å². The third-order valence-corrected chi connectivity index (χ3v) is 4.49. The minimum atomic E-state index is -0.979. The maximum absolute atomic E-state index is 12.6. The molecule has 134 valence electrons. The predicted octanol–water partition coefficient (Wildman–Crippen LogP) is 0.846. The molecule has 9 nitrogen and oxygen atoms in total. The number of halogens is 1. The summed E-state index contributed by atoms with van der Waals surface area (Å²) in [4.78, 5) is 35.3. The average Bonchev–Trinajstić information content (AvgIpc) is 2.57. The molecule has 2 aromatic rings. The molecule has 0 aliphatic carbocycles. The fourth-order valence-corrected chi connectivity index (χ4v) is 3.06. The first-order valence-corrected chi connectivity index (χ1v) is 7.99. The highest BCUT2D eigenvalue weighted by Gasteiger charge is 2.30. The van der Waals surface area contributed by atoms with Crippen LogP contribution in [0.15, 0.2) is 32.3 Å². The van der Waals surface area contributed by atoms with Crippen molar-refractivity contribution in [1.82, 2.24) is 9.13 Å². The molecule has 0 bridgehead atoms. The van der Waals surface area contributed by atoms with Gasteiger partial charge in [-0.3, -0.25) is 24.0 Å². The fourth-order valence-electron chi connectivity index (χ4n) is 2.69. The van der Waals surface area contributed by atoms with Crippen LogP contribution in [0.25, 0.3) is 0 Å². The topological polar surface area (TPSA) is 122 Å². The van der Waals surface area contributed by atoms with Crippen LogP contribution in [-0.4, -0.2) is 27.7 Å². The van der Waals surface area contributed by atoms with E-state index in [1.54, 1.807) is 18.2 Å². The monoisotopic (exact) mass is 412 g/mol. The third-order valence-electron chi connectivity index (χ3n) is 3.99. The molecule has 0 saturated heterocycles. The van der Waals surface area contributed by atoms with Crippen LogP contribution in [-0.2, 0) is 14.1 Å². The number of nitro groups is 1. The lowest BCUT2D eigenvalue weighted by atomic mass is 9.91. The lowest BCUT2D eigenvalue weighted by Crippen LogP contribution is -2.42. The van der Waals surface area contributed by atoms with E-state index in [1.807, 2.05) is 0 Å². The van der Waals surface area contributed by atoms with Crippen LogP contribution in [0, 0.1) is 10.1 Å². The van der Waals surface area contributed by atoms with E-state index >= 15 is 0 Å². The second-order valence-corrected chi connectivity index (χ2v) is 6.37. The number of benzene rings is 1. The van der Waals surface area contributed by atoms with Gasteiger partial charge in [0, 0.05) is 29.1 Å². The smallest absolute Gasteiger partial charge is 0.332 e. The Bertz CT molecular complexity index is 950. The van der Waals surface area contributed by atoms with Gasteiger partial charge in [0.25, 0.3) is 5.56 Å². The van der Waals surface area contributed by atoms with Crippen molar-refractivity contribution in [2.45, 2.75) is 5.92 Å². The Hall–Kier alpha value is -2.62. The number of nitrogens with zero attached hydrogens (tertiary/aromatic N) is 3. The fraction of sp³-hybridized carbons (Fsp3) is 0.333. The zero-order valence-electron chi connectivity index (χ0n) is 13.9. The largest absolute Gasteiger partial charge is 0.496 e.